The molecule has 0 aliphatic carbocycles. The minimum atomic E-state index is -0.237. The van der Waals surface area contributed by atoms with E-state index in [0.717, 1.165) is 4.70 Å². The van der Waals surface area contributed by atoms with Gasteiger partial charge in [-0.25, -0.2) is 9.37 Å². The highest BCUT2D eigenvalue weighted by Crippen LogP contribution is 2.19. The van der Waals surface area contributed by atoms with Crippen molar-refractivity contribution in [2.24, 2.45) is 11.7 Å². The number of nitrogens with zero attached hydrogens (tertiary/aromatic N) is 1. The van der Waals surface area contributed by atoms with Gasteiger partial charge >= 0.3 is 0 Å². The first-order valence-corrected chi connectivity index (χ1v) is 4.07. The molecule has 1 aromatic carbocycles. The molecule has 0 radical (unpaired) electrons. The molecule has 0 unspecified atom stereocenters. The van der Waals surface area contributed by atoms with Crippen LogP contribution < -0.4 is 11.7 Å². The van der Waals surface area contributed by atoms with E-state index in [-0.39, 0.29) is 5.82 Å². The minimum absolute atomic E-state index is 0.237. The van der Waals surface area contributed by atoms with E-state index in [1.807, 2.05) is 6.07 Å². The SMILES string of the molecule is Fc1cccc2scnc12.NN. The third-order valence-electron chi connectivity index (χ3n) is 1.31. The highest BCUT2D eigenvalue weighted by Gasteiger charge is 1.99. The molecule has 3 nitrogen and oxygen atoms in total. The van der Waals surface area contributed by atoms with E-state index in [4.69, 9.17) is 0 Å². The van der Waals surface area contributed by atoms with Gasteiger partial charge in [-0.3, -0.25) is 11.7 Å². The van der Waals surface area contributed by atoms with Gasteiger partial charge in [0.2, 0.25) is 0 Å². The number of fused-ring (bicyclic) bond motifs is 1. The van der Waals surface area contributed by atoms with Crippen molar-refractivity contribution in [2.45, 2.75) is 0 Å². The standard InChI is InChI=1S/C7H4FNS.H4N2/c8-5-2-1-3-6-7(5)9-4-10-6;1-2/h1-4H;1-2H2. The van der Waals surface area contributed by atoms with Crippen molar-refractivity contribution in [3.05, 3.63) is 29.5 Å². The van der Waals surface area contributed by atoms with Crippen LogP contribution in [-0.4, -0.2) is 4.98 Å². The van der Waals surface area contributed by atoms with Gasteiger partial charge in [0.05, 0.1) is 10.2 Å². The molecule has 0 atom stereocenters. The zero-order chi connectivity index (χ0) is 8.97. The molecule has 0 fully saturated rings. The van der Waals surface area contributed by atoms with Crippen LogP contribution >= 0.6 is 11.3 Å². The first-order valence-electron chi connectivity index (χ1n) is 3.19. The number of hydrogen-bond acceptors (Lipinski definition) is 4. The number of aromatic nitrogens is 1. The van der Waals surface area contributed by atoms with Gasteiger partial charge in [-0.2, -0.15) is 0 Å². The Labute approximate surface area is 72.8 Å². The molecule has 0 amide bonds. The van der Waals surface area contributed by atoms with Gasteiger partial charge in [0.15, 0.2) is 0 Å². The fourth-order valence-corrected chi connectivity index (χ4v) is 1.54. The Balaban J connectivity index is 0.000000336. The highest BCUT2D eigenvalue weighted by molar-refractivity contribution is 7.16. The van der Waals surface area contributed by atoms with Crippen LogP contribution in [0.5, 0.6) is 0 Å². The highest BCUT2D eigenvalue weighted by atomic mass is 32.1. The number of rotatable bonds is 0. The van der Waals surface area contributed by atoms with Crippen molar-refractivity contribution < 1.29 is 4.39 Å². The maximum atomic E-state index is 12.8. The summed E-state index contributed by atoms with van der Waals surface area (Å²) in [6.07, 6.45) is 0. The van der Waals surface area contributed by atoms with Crippen LogP contribution in [0.25, 0.3) is 10.2 Å². The molecule has 0 aliphatic rings. The van der Waals surface area contributed by atoms with Crippen LogP contribution in [0.15, 0.2) is 23.7 Å². The Morgan fingerprint density at radius 3 is 2.75 bits per heavy atom. The van der Waals surface area contributed by atoms with Gasteiger partial charge in [0.1, 0.15) is 11.3 Å². The molecule has 0 aliphatic heterocycles. The second-order valence-corrected chi connectivity index (χ2v) is 2.83. The van der Waals surface area contributed by atoms with E-state index in [2.05, 4.69) is 16.7 Å². The predicted octanol–water partition coefficient (Wildman–Crippen LogP) is 1.25. The van der Waals surface area contributed by atoms with E-state index in [1.54, 1.807) is 11.6 Å². The van der Waals surface area contributed by atoms with E-state index >= 15 is 0 Å². The molecule has 4 N–H and O–H groups in total. The number of nitrogens with two attached hydrogens (primary N) is 2. The largest absolute Gasteiger partial charge is 0.274 e. The molecule has 1 heterocycles. The van der Waals surface area contributed by atoms with Crippen molar-refractivity contribution in [3.8, 4) is 0 Å². The summed E-state index contributed by atoms with van der Waals surface area (Å²) in [7, 11) is 0. The molecular weight excluding hydrogens is 177 g/mol. The lowest BCUT2D eigenvalue weighted by Crippen LogP contribution is -2.02. The number of halogens is 1. The molecule has 2 rings (SSSR count). The van der Waals surface area contributed by atoms with Gasteiger partial charge in [-0.05, 0) is 12.1 Å². The molecule has 0 saturated carbocycles. The summed E-state index contributed by atoms with van der Waals surface area (Å²) in [5, 5.41) is 0. The van der Waals surface area contributed by atoms with E-state index in [9.17, 15) is 4.39 Å². The maximum Gasteiger partial charge on any atom is 0.150 e. The normalized spacial score (nSPS) is 9.25. The molecule has 5 heteroatoms. The molecule has 1 aromatic heterocycles. The Kier molecular flexibility index (Phi) is 3.09. The molecule has 0 saturated heterocycles. The summed E-state index contributed by atoms with van der Waals surface area (Å²) < 4.78 is 13.7. The van der Waals surface area contributed by atoms with Gasteiger partial charge < -0.3 is 0 Å². The van der Waals surface area contributed by atoms with E-state index in [1.165, 1.54) is 17.4 Å². The van der Waals surface area contributed by atoms with Crippen molar-refractivity contribution in [1.82, 2.24) is 4.98 Å². The Hall–Kier alpha value is -1.04. The number of hydrazine groups is 1. The van der Waals surface area contributed by atoms with Crippen LogP contribution in [0.1, 0.15) is 0 Å². The van der Waals surface area contributed by atoms with Crippen LogP contribution in [0.3, 0.4) is 0 Å². The van der Waals surface area contributed by atoms with Crippen LogP contribution in [0, 0.1) is 5.82 Å². The monoisotopic (exact) mass is 185 g/mol. The fourth-order valence-electron chi connectivity index (χ4n) is 0.852. The lowest BCUT2D eigenvalue weighted by molar-refractivity contribution is 0.637. The van der Waals surface area contributed by atoms with Crippen molar-refractivity contribution in [2.75, 3.05) is 0 Å². The molecule has 12 heavy (non-hydrogen) atoms. The average Bonchev–Trinajstić information content (AvgIpc) is 2.57. The van der Waals surface area contributed by atoms with Crippen molar-refractivity contribution in [1.29, 1.82) is 0 Å². The number of hydrogen-bond donors (Lipinski definition) is 2. The van der Waals surface area contributed by atoms with Crippen LogP contribution in [0.2, 0.25) is 0 Å². The molecule has 2 aromatic rings. The lowest BCUT2D eigenvalue weighted by atomic mass is 10.3. The second-order valence-electron chi connectivity index (χ2n) is 1.94. The Morgan fingerprint density at radius 1 is 1.33 bits per heavy atom. The summed E-state index contributed by atoms with van der Waals surface area (Å²) in [6.45, 7) is 0. The molecule has 0 bridgehead atoms. The van der Waals surface area contributed by atoms with Gasteiger partial charge in [0, 0.05) is 0 Å². The number of thiazole rings is 1. The Morgan fingerprint density at radius 2 is 2.08 bits per heavy atom. The summed E-state index contributed by atoms with van der Waals surface area (Å²) in [4.78, 5) is 3.86. The summed E-state index contributed by atoms with van der Waals surface area (Å²) in [5.41, 5.74) is 2.13. The molecular formula is C7H8FN3S. The van der Waals surface area contributed by atoms with E-state index < -0.39 is 0 Å². The lowest BCUT2D eigenvalue weighted by Gasteiger charge is -1.86. The smallest absolute Gasteiger partial charge is 0.150 e. The van der Waals surface area contributed by atoms with E-state index in [0.29, 0.717) is 5.52 Å². The van der Waals surface area contributed by atoms with Crippen molar-refractivity contribution >= 4 is 21.6 Å². The maximum absolute atomic E-state index is 12.8. The zero-order valence-corrected chi connectivity index (χ0v) is 7.01. The van der Waals surface area contributed by atoms with Crippen LogP contribution in [0.4, 0.5) is 4.39 Å². The summed E-state index contributed by atoms with van der Waals surface area (Å²) in [5.74, 6) is 7.76. The topological polar surface area (TPSA) is 64.9 Å². The first-order chi connectivity index (χ1) is 5.88. The fraction of sp³-hybridized carbons (Fsp3) is 0. The summed E-state index contributed by atoms with van der Waals surface area (Å²) >= 11 is 1.45. The second kappa shape index (κ2) is 4.10. The average molecular weight is 185 g/mol. The molecule has 64 valence electrons. The Bertz CT molecular complexity index is 360. The zero-order valence-electron chi connectivity index (χ0n) is 6.20. The quantitative estimate of drug-likeness (QED) is 0.479. The first kappa shape index (κ1) is 9.05. The van der Waals surface area contributed by atoms with Crippen LogP contribution in [-0.2, 0) is 0 Å². The number of benzene rings is 1. The van der Waals surface area contributed by atoms with Gasteiger partial charge in [0.25, 0.3) is 0 Å². The van der Waals surface area contributed by atoms with Crippen molar-refractivity contribution in [3.63, 3.8) is 0 Å². The predicted molar refractivity (Wildman–Crippen MR) is 48.0 cm³/mol. The minimum Gasteiger partial charge on any atom is -0.274 e. The van der Waals surface area contributed by atoms with Gasteiger partial charge in [-0.1, -0.05) is 6.07 Å². The third kappa shape index (κ3) is 1.58. The summed E-state index contributed by atoms with van der Waals surface area (Å²) in [6, 6.07) is 4.97. The number of para-hydroxylation sites is 1. The third-order valence-corrected chi connectivity index (χ3v) is 2.11. The molecule has 0 spiro atoms. The van der Waals surface area contributed by atoms with Gasteiger partial charge in [-0.15, -0.1) is 11.3 Å².